The van der Waals surface area contributed by atoms with Crippen molar-refractivity contribution in [3.8, 4) is 0 Å². The average molecular weight is 364 g/mol. The number of hydrogen-bond donors (Lipinski definition) is 0. The minimum atomic E-state index is -0.240. The summed E-state index contributed by atoms with van der Waals surface area (Å²) < 4.78 is 0. The molecule has 0 aliphatic carbocycles. The number of fused-ring (bicyclic) bond motifs is 1. The van der Waals surface area contributed by atoms with E-state index in [0.717, 1.165) is 24.2 Å². The van der Waals surface area contributed by atoms with E-state index in [1.54, 1.807) is 4.90 Å². The lowest BCUT2D eigenvalue weighted by Gasteiger charge is -2.25. The van der Waals surface area contributed by atoms with Gasteiger partial charge in [-0.3, -0.25) is 9.59 Å². The molecule has 0 saturated carbocycles. The number of carbonyl (C=O) groups is 2. The second-order valence-electron chi connectivity index (χ2n) is 7.22. The number of amides is 2. The van der Waals surface area contributed by atoms with E-state index in [2.05, 4.69) is 6.92 Å². The van der Waals surface area contributed by atoms with Gasteiger partial charge in [-0.25, -0.2) is 0 Å². The summed E-state index contributed by atoms with van der Waals surface area (Å²) in [6.07, 6.45) is 4.44. The highest BCUT2D eigenvalue weighted by Gasteiger charge is 2.33. The second kappa shape index (κ2) is 8.85. The summed E-state index contributed by atoms with van der Waals surface area (Å²) in [6.45, 7) is 5.20. The molecule has 142 valence electrons. The van der Waals surface area contributed by atoms with Gasteiger partial charge in [-0.05, 0) is 30.7 Å². The SMILES string of the molecule is CCCCCCN1C(=O)C(C)CN(C(=O)c2ccccc2)c2ccccc21. The van der Waals surface area contributed by atoms with Crippen molar-refractivity contribution in [3.05, 3.63) is 60.2 Å². The van der Waals surface area contributed by atoms with Crippen LogP contribution in [0.15, 0.2) is 54.6 Å². The van der Waals surface area contributed by atoms with Crippen molar-refractivity contribution in [1.82, 2.24) is 0 Å². The van der Waals surface area contributed by atoms with Gasteiger partial charge in [-0.2, -0.15) is 0 Å². The van der Waals surface area contributed by atoms with E-state index in [4.69, 9.17) is 0 Å². The molecule has 0 aromatic heterocycles. The van der Waals surface area contributed by atoms with Gasteiger partial charge in [0.05, 0.1) is 17.3 Å². The number of benzene rings is 2. The lowest BCUT2D eigenvalue weighted by Crippen LogP contribution is -2.38. The molecule has 2 amide bonds. The smallest absolute Gasteiger partial charge is 0.258 e. The normalized spacial score (nSPS) is 16.8. The van der Waals surface area contributed by atoms with Crippen LogP contribution in [-0.4, -0.2) is 24.9 Å². The lowest BCUT2D eigenvalue weighted by molar-refractivity contribution is -0.121. The molecule has 1 aliphatic rings. The Balaban J connectivity index is 1.94. The Bertz CT molecular complexity index is 788. The van der Waals surface area contributed by atoms with Gasteiger partial charge >= 0.3 is 0 Å². The highest BCUT2D eigenvalue weighted by atomic mass is 16.2. The molecule has 0 fully saturated rings. The first-order valence-electron chi connectivity index (χ1n) is 9.90. The lowest BCUT2D eigenvalue weighted by atomic mass is 10.1. The van der Waals surface area contributed by atoms with E-state index in [0.29, 0.717) is 18.7 Å². The molecule has 0 saturated heterocycles. The first kappa shape index (κ1) is 19.2. The Hall–Kier alpha value is -2.62. The van der Waals surface area contributed by atoms with Crippen LogP contribution in [0.3, 0.4) is 0 Å². The highest BCUT2D eigenvalue weighted by Crippen LogP contribution is 2.35. The van der Waals surface area contributed by atoms with Crippen LogP contribution in [0.1, 0.15) is 49.9 Å². The molecule has 1 unspecified atom stereocenters. The van der Waals surface area contributed by atoms with Crippen LogP contribution in [0, 0.1) is 5.92 Å². The number of hydrogen-bond acceptors (Lipinski definition) is 2. The van der Waals surface area contributed by atoms with Crippen molar-refractivity contribution in [2.75, 3.05) is 22.9 Å². The molecule has 0 bridgehead atoms. The largest absolute Gasteiger partial charge is 0.310 e. The van der Waals surface area contributed by atoms with E-state index in [1.807, 2.05) is 66.4 Å². The third-order valence-electron chi connectivity index (χ3n) is 5.11. The maximum Gasteiger partial charge on any atom is 0.258 e. The molecular formula is C23H28N2O2. The molecule has 4 nitrogen and oxygen atoms in total. The zero-order valence-electron chi connectivity index (χ0n) is 16.2. The topological polar surface area (TPSA) is 40.6 Å². The number of para-hydroxylation sites is 2. The second-order valence-corrected chi connectivity index (χ2v) is 7.22. The monoisotopic (exact) mass is 364 g/mol. The van der Waals surface area contributed by atoms with Crippen molar-refractivity contribution in [1.29, 1.82) is 0 Å². The summed E-state index contributed by atoms with van der Waals surface area (Å²) in [6, 6.07) is 17.0. The van der Waals surface area contributed by atoms with Crippen molar-refractivity contribution in [3.63, 3.8) is 0 Å². The van der Waals surface area contributed by atoms with E-state index in [1.165, 1.54) is 12.8 Å². The third-order valence-corrected chi connectivity index (χ3v) is 5.11. The number of nitrogens with zero attached hydrogens (tertiary/aromatic N) is 2. The molecule has 0 N–H and O–H groups in total. The van der Waals surface area contributed by atoms with E-state index < -0.39 is 0 Å². The van der Waals surface area contributed by atoms with Crippen LogP contribution in [0.2, 0.25) is 0 Å². The highest BCUT2D eigenvalue weighted by molar-refractivity contribution is 6.11. The fourth-order valence-corrected chi connectivity index (χ4v) is 3.61. The summed E-state index contributed by atoms with van der Waals surface area (Å²) in [7, 11) is 0. The van der Waals surface area contributed by atoms with Gasteiger partial charge < -0.3 is 9.80 Å². The van der Waals surface area contributed by atoms with Crippen LogP contribution in [0.25, 0.3) is 0 Å². The van der Waals surface area contributed by atoms with E-state index in [9.17, 15) is 9.59 Å². The van der Waals surface area contributed by atoms with Crippen LogP contribution >= 0.6 is 0 Å². The predicted molar refractivity (Wildman–Crippen MR) is 110 cm³/mol. The fourth-order valence-electron chi connectivity index (χ4n) is 3.61. The van der Waals surface area contributed by atoms with Crippen LogP contribution in [0.5, 0.6) is 0 Å². The first-order valence-corrected chi connectivity index (χ1v) is 9.90. The molecule has 3 rings (SSSR count). The standard InChI is InChI=1S/C23H28N2O2/c1-3-4-5-11-16-24-20-14-9-10-15-21(20)25(17-18(2)22(24)26)23(27)19-12-7-6-8-13-19/h6-10,12-15,18H,3-5,11,16-17H2,1-2H3. The molecule has 2 aromatic carbocycles. The molecule has 0 spiro atoms. The van der Waals surface area contributed by atoms with Crippen molar-refractivity contribution < 1.29 is 9.59 Å². The molecule has 4 heteroatoms. The van der Waals surface area contributed by atoms with Gasteiger partial charge in [0.2, 0.25) is 5.91 Å². The van der Waals surface area contributed by atoms with Crippen LogP contribution in [0.4, 0.5) is 11.4 Å². The third kappa shape index (κ3) is 4.21. The summed E-state index contributed by atoms with van der Waals surface area (Å²) in [5, 5.41) is 0. The summed E-state index contributed by atoms with van der Waals surface area (Å²) >= 11 is 0. The number of unbranched alkanes of at least 4 members (excludes halogenated alkanes) is 3. The minimum Gasteiger partial charge on any atom is -0.310 e. The Morgan fingerprint density at radius 3 is 2.33 bits per heavy atom. The minimum absolute atomic E-state index is 0.0597. The van der Waals surface area contributed by atoms with Crippen LogP contribution < -0.4 is 9.80 Å². The Labute approximate surface area is 161 Å². The van der Waals surface area contributed by atoms with E-state index >= 15 is 0 Å². The van der Waals surface area contributed by atoms with Gasteiger partial charge in [-0.15, -0.1) is 0 Å². The molecule has 0 radical (unpaired) electrons. The van der Waals surface area contributed by atoms with Gasteiger partial charge in [0.15, 0.2) is 0 Å². The van der Waals surface area contributed by atoms with Crippen molar-refractivity contribution >= 4 is 23.2 Å². The Morgan fingerprint density at radius 2 is 1.63 bits per heavy atom. The van der Waals surface area contributed by atoms with Crippen molar-refractivity contribution in [2.24, 2.45) is 5.92 Å². The summed E-state index contributed by atoms with van der Waals surface area (Å²) in [5.74, 6) is -0.200. The molecule has 1 heterocycles. The summed E-state index contributed by atoms with van der Waals surface area (Å²) in [5.41, 5.74) is 2.30. The molecule has 1 atom stereocenters. The van der Waals surface area contributed by atoms with Gasteiger partial charge in [0.25, 0.3) is 5.91 Å². The van der Waals surface area contributed by atoms with Gasteiger partial charge in [-0.1, -0.05) is 63.4 Å². The van der Waals surface area contributed by atoms with Gasteiger partial charge in [0, 0.05) is 18.7 Å². The quantitative estimate of drug-likeness (QED) is 0.684. The maximum absolute atomic E-state index is 13.2. The number of carbonyl (C=O) groups excluding carboxylic acids is 2. The molecule has 27 heavy (non-hydrogen) atoms. The molecule has 1 aliphatic heterocycles. The predicted octanol–water partition coefficient (Wildman–Crippen LogP) is 4.90. The number of rotatable bonds is 6. The van der Waals surface area contributed by atoms with Crippen molar-refractivity contribution in [2.45, 2.75) is 39.5 Å². The van der Waals surface area contributed by atoms with Crippen LogP contribution in [-0.2, 0) is 4.79 Å². The maximum atomic E-state index is 13.2. The Morgan fingerprint density at radius 1 is 0.963 bits per heavy atom. The Kier molecular flexibility index (Phi) is 6.28. The molecule has 2 aromatic rings. The van der Waals surface area contributed by atoms with E-state index in [-0.39, 0.29) is 17.7 Å². The molecular weight excluding hydrogens is 336 g/mol. The zero-order chi connectivity index (χ0) is 19.2. The number of anilines is 2. The summed E-state index contributed by atoms with van der Waals surface area (Å²) in [4.78, 5) is 29.9. The zero-order valence-corrected chi connectivity index (χ0v) is 16.2. The van der Waals surface area contributed by atoms with Gasteiger partial charge in [0.1, 0.15) is 0 Å². The average Bonchev–Trinajstić information content (AvgIpc) is 2.81. The first-order chi connectivity index (χ1) is 13.1. The fraction of sp³-hybridized carbons (Fsp3) is 0.391.